The molecule has 3 aromatic carbocycles. The number of amides is 2. The summed E-state index contributed by atoms with van der Waals surface area (Å²) in [5, 5.41) is 6.28. The molecule has 0 saturated carbocycles. The monoisotopic (exact) mass is 418 g/mol. The van der Waals surface area contributed by atoms with E-state index in [-0.39, 0.29) is 24.0 Å². The molecule has 1 aromatic heterocycles. The molecule has 1 heterocycles. The Morgan fingerprint density at radius 1 is 0.968 bits per heavy atom. The summed E-state index contributed by atoms with van der Waals surface area (Å²) in [7, 11) is 1.54. The fraction of sp³-hybridized carbons (Fsp3) is 0.0833. The molecular weight excluding hydrogens is 399 g/mol. The maximum absolute atomic E-state index is 12.9. The molecule has 0 aliphatic heterocycles. The standard InChI is InChI=1S/C24H19FN2O4/c1-30-20-4-2-3-17-13-21(31-22(17)20)24(29)27-19-11-7-16(8-12-19)23(28)26-14-15-5-9-18(25)10-6-15/h2-13H,14H2,1H3,(H,26,28)(H,27,29). The average Bonchev–Trinajstić information content (AvgIpc) is 3.24. The number of halogens is 1. The number of fused-ring (bicyclic) bond motifs is 1. The molecule has 0 unspecified atom stereocenters. The first-order chi connectivity index (χ1) is 15.0. The number of hydrogen-bond donors (Lipinski definition) is 2. The van der Waals surface area contributed by atoms with Gasteiger partial charge in [-0.25, -0.2) is 4.39 Å². The van der Waals surface area contributed by atoms with Gasteiger partial charge in [0.05, 0.1) is 7.11 Å². The van der Waals surface area contributed by atoms with Gasteiger partial charge in [0.2, 0.25) is 0 Å². The Hall–Kier alpha value is -4.13. The van der Waals surface area contributed by atoms with Crippen molar-refractivity contribution in [1.82, 2.24) is 5.32 Å². The molecule has 0 radical (unpaired) electrons. The van der Waals surface area contributed by atoms with Crippen molar-refractivity contribution in [3.05, 3.63) is 95.5 Å². The lowest BCUT2D eigenvalue weighted by atomic mass is 10.1. The first-order valence-electron chi connectivity index (χ1n) is 9.54. The van der Waals surface area contributed by atoms with E-state index >= 15 is 0 Å². The van der Waals surface area contributed by atoms with Crippen molar-refractivity contribution in [1.29, 1.82) is 0 Å². The van der Waals surface area contributed by atoms with Gasteiger partial charge in [-0.15, -0.1) is 0 Å². The van der Waals surface area contributed by atoms with Crippen LogP contribution < -0.4 is 15.4 Å². The molecule has 0 spiro atoms. The summed E-state index contributed by atoms with van der Waals surface area (Å²) in [4.78, 5) is 24.8. The molecule has 6 nitrogen and oxygen atoms in total. The molecule has 0 aliphatic carbocycles. The number of carbonyl (C=O) groups is 2. The highest BCUT2D eigenvalue weighted by atomic mass is 19.1. The maximum Gasteiger partial charge on any atom is 0.291 e. The smallest absolute Gasteiger partial charge is 0.291 e. The number of benzene rings is 3. The number of anilines is 1. The van der Waals surface area contributed by atoms with Gasteiger partial charge in [0.1, 0.15) is 5.82 Å². The highest BCUT2D eigenvalue weighted by Crippen LogP contribution is 2.28. The molecule has 31 heavy (non-hydrogen) atoms. The number of carbonyl (C=O) groups excluding carboxylic acids is 2. The lowest BCUT2D eigenvalue weighted by Gasteiger charge is -2.07. The Kier molecular flexibility index (Phi) is 5.66. The average molecular weight is 418 g/mol. The Morgan fingerprint density at radius 3 is 2.42 bits per heavy atom. The number of methoxy groups -OCH3 is 1. The highest BCUT2D eigenvalue weighted by molar-refractivity contribution is 6.05. The molecule has 0 fully saturated rings. The van der Waals surface area contributed by atoms with Gasteiger partial charge in [-0.1, -0.05) is 24.3 Å². The van der Waals surface area contributed by atoms with E-state index in [2.05, 4.69) is 10.6 Å². The molecule has 0 saturated heterocycles. The minimum atomic E-state index is -0.410. The highest BCUT2D eigenvalue weighted by Gasteiger charge is 2.15. The van der Waals surface area contributed by atoms with Crippen LogP contribution in [0, 0.1) is 5.82 Å². The van der Waals surface area contributed by atoms with Gasteiger partial charge in [-0.05, 0) is 54.1 Å². The molecule has 4 rings (SSSR count). The molecule has 4 aromatic rings. The second-order valence-electron chi connectivity index (χ2n) is 6.83. The third kappa shape index (κ3) is 4.56. The normalized spacial score (nSPS) is 10.6. The lowest BCUT2D eigenvalue weighted by molar-refractivity contribution is 0.0950. The quantitative estimate of drug-likeness (QED) is 0.473. The zero-order chi connectivity index (χ0) is 21.8. The number of ether oxygens (including phenoxy) is 1. The molecule has 2 N–H and O–H groups in total. The lowest BCUT2D eigenvalue weighted by Crippen LogP contribution is -2.22. The minimum Gasteiger partial charge on any atom is -0.493 e. The number of furan rings is 1. The van der Waals surface area contributed by atoms with Crippen LogP contribution in [-0.2, 0) is 6.54 Å². The van der Waals surface area contributed by atoms with Gasteiger partial charge in [0.25, 0.3) is 11.8 Å². The van der Waals surface area contributed by atoms with E-state index in [1.54, 1.807) is 48.5 Å². The fourth-order valence-corrected chi connectivity index (χ4v) is 3.09. The van der Waals surface area contributed by atoms with Crippen LogP contribution in [0.4, 0.5) is 10.1 Å². The Morgan fingerprint density at radius 2 is 1.71 bits per heavy atom. The fourth-order valence-electron chi connectivity index (χ4n) is 3.09. The minimum absolute atomic E-state index is 0.153. The molecule has 156 valence electrons. The molecule has 2 amide bonds. The van der Waals surface area contributed by atoms with Crippen molar-refractivity contribution < 1.29 is 23.1 Å². The summed E-state index contributed by atoms with van der Waals surface area (Å²) < 4.78 is 23.8. The van der Waals surface area contributed by atoms with Gasteiger partial charge >= 0.3 is 0 Å². The van der Waals surface area contributed by atoms with Crippen LogP contribution in [0.25, 0.3) is 11.0 Å². The van der Waals surface area contributed by atoms with Crippen LogP contribution in [-0.4, -0.2) is 18.9 Å². The maximum atomic E-state index is 12.9. The number of para-hydroxylation sites is 1. The summed E-state index contributed by atoms with van der Waals surface area (Å²) in [6, 6.07) is 19.4. The largest absolute Gasteiger partial charge is 0.493 e. The zero-order valence-corrected chi connectivity index (χ0v) is 16.6. The second-order valence-corrected chi connectivity index (χ2v) is 6.83. The van der Waals surface area contributed by atoms with Crippen LogP contribution in [0.3, 0.4) is 0 Å². The van der Waals surface area contributed by atoms with E-state index in [4.69, 9.17) is 9.15 Å². The zero-order valence-electron chi connectivity index (χ0n) is 16.6. The van der Waals surface area contributed by atoms with Gasteiger partial charge < -0.3 is 19.8 Å². The second kappa shape index (κ2) is 8.71. The summed E-state index contributed by atoms with van der Waals surface area (Å²) in [6.45, 7) is 0.285. The van der Waals surface area contributed by atoms with Crippen molar-refractivity contribution >= 4 is 28.5 Å². The van der Waals surface area contributed by atoms with Gasteiger partial charge in [-0.2, -0.15) is 0 Å². The summed E-state index contributed by atoms with van der Waals surface area (Å²) >= 11 is 0. The van der Waals surface area contributed by atoms with E-state index < -0.39 is 5.91 Å². The van der Waals surface area contributed by atoms with E-state index in [9.17, 15) is 14.0 Å². The molecular formula is C24H19FN2O4. The Labute approximate surface area is 177 Å². The van der Waals surface area contributed by atoms with Crippen molar-refractivity contribution in [2.45, 2.75) is 6.54 Å². The van der Waals surface area contributed by atoms with Crippen molar-refractivity contribution in [2.75, 3.05) is 12.4 Å². The molecule has 7 heteroatoms. The number of nitrogens with one attached hydrogen (secondary N) is 2. The van der Waals surface area contributed by atoms with E-state index in [0.717, 1.165) is 10.9 Å². The number of hydrogen-bond acceptors (Lipinski definition) is 4. The molecule has 0 atom stereocenters. The van der Waals surface area contributed by atoms with Crippen LogP contribution in [0.2, 0.25) is 0 Å². The van der Waals surface area contributed by atoms with Crippen LogP contribution in [0.5, 0.6) is 5.75 Å². The van der Waals surface area contributed by atoms with E-state index in [1.165, 1.54) is 19.2 Å². The third-order valence-electron chi connectivity index (χ3n) is 4.72. The van der Waals surface area contributed by atoms with Crippen molar-refractivity contribution in [3.8, 4) is 5.75 Å². The van der Waals surface area contributed by atoms with E-state index in [1.807, 2.05) is 12.1 Å². The SMILES string of the molecule is COc1cccc2cc(C(=O)Nc3ccc(C(=O)NCc4ccc(F)cc4)cc3)oc12. The van der Waals surface area contributed by atoms with Crippen LogP contribution in [0.15, 0.2) is 77.2 Å². The number of rotatable bonds is 6. The topological polar surface area (TPSA) is 80.6 Å². The van der Waals surface area contributed by atoms with Gasteiger partial charge in [-0.3, -0.25) is 9.59 Å². The van der Waals surface area contributed by atoms with Crippen molar-refractivity contribution in [3.63, 3.8) is 0 Å². The Balaban J connectivity index is 1.39. The molecule has 0 aliphatic rings. The van der Waals surface area contributed by atoms with Gasteiger partial charge in [0.15, 0.2) is 17.1 Å². The summed E-state index contributed by atoms with van der Waals surface area (Å²) in [5.41, 5.74) is 2.26. The summed E-state index contributed by atoms with van der Waals surface area (Å²) in [5.74, 6) is -0.305. The first kappa shape index (κ1) is 20.2. The molecule has 0 bridgehead atoms. The Bertz CT molecular complexity index is 1230. The predicted octanol–water partition coefficient (Wildman–Crippen LogP) is 4.76. The van der Waals surface area contributed by atoms with Crippen molar-refractivity contribution in [2.24, 2.45) is 0 Å². The van der Waals surface area contributed by atoms with Crippen LogP contribution in [0.1, 0.15) is 26.5 Å². The van der Waals surface area contributed by atoms with E-state index in [0.29, 0.717) is 22.6 Å². The third-order valence-corrected chi connectivity index (χ3v) is 4.72. The van der Waals surface area contributed by atoms with Gasteiger partial charge in [0, 0.05) is 23.2 Å². The predicted molar refractivity (Wildman–Crippen MR) is 115 cm³/mol. The summed E-state index contributed by atoms with van der Waals surface area (Å²) in [6.07, 6.45) is 0. The first-order valence-corrected chi connectivity index (χ1v) is 9.54. The van der Waals surface area contributed by atoms with Crippen LogP contribution >= 0.6 is 0 Å².